The zero-order valence-corrected chi connectivity index (χ0v) is 15.7. The maximum absolute atomic E-state index is 12.6. The van der Waals surface area contributed by atoms with Crippen LogP contribution in [0.1, 0.15) is 38.3 Å². The van der Waals surface area contributed by atoms with Crippen molar-refractivity contribution in [2.75, 3.05) is 19.7 Å². The van der Waals surface area contributed by atoms with Crippen LogP contribution in [-0.4, -0.2) is 51.4 Å². The van der Waals surface area contributed by atoms with E-state index in [2.05, 4.69) is 15.4 Å². The monoisotopic (exact) mass is 371 g/mol. The van der Waals surface area contributed by atoms with E-state index in [0.717, 1.165) is 11.3 Å². The summed E-state index contributed by atoms with van der Waals surface area (Å²) in [6.07, 6.45) is 4.15. The molecule has 3 rings (SSSR count). The van der Waals surface area contributed by atoms with Crippen molar-refractivity contribution in [1.29, 1.82) is 0 Å². The lowest BCUT2D eigenvalue weighted by molar-refractivity contribution is -0.127. The second-order valence-electron chi connectivity index (χ2n) is 6.62. The first-order valence-corrected chi connectivity index (χ1v) is 9.25. The van der Waals surface area contributed by atoms with Crippen LogP contribution in [0.5, 0.6) is 0 Å². The molecule has 0 spiro atoms. The number of amides is 2. The second-order valence-corrected chi connectivity index (χ2v) is 6.62. The molecule has 1 aromatic heterocycles. The molecular weight excluding hydrogens is 346 g/mol. The van der Waals surface area contributed by atoms with E-state index in [4.69, 9.17) is 4.74 Å². The van der Waals surface area contributed by atoms with Crippen LogP contribution in [0.3, 0.4) is 0 Å². The third-order valence-electron chi connectivity index (χ3n) is 4.83. The van der Waals surface area contributed by atoms with Crippen LogP contribution in [0.4, 0.5) is 4.79 Å². The van der Waals surface area contributed by atoms with Gasteiger partial charge in [-0.25, -0.2) is 14.5 Å². The smallest absolute Gasteiger partial charge is 0.409 e. The minimum Gasteiger partial charge on any atom is -0.450 e. The highest BCUT2D eigenvalue weighted by molar-refractivity contribution is 5.79. The summed E-state index contributed by atoms with van der Waals surface area (Å²) in [5.74, 6) is -0.0427. The molecule has 0 radical (unpaired) electrons. The average Bonchev–Trinajstić information content (AvgIpc) is 3.23. The van der Waals surface area contributed by atoms with Crippen molar-refractivity contribution in [2.24, 2.45) is 5.92 Å². The lowest BCUT2D eigenvalue weighted by Gasteiger charge is -2.31. The first kappa shape index (κ1) is 18.9. The Labute approximate surface area is 158 Å². The Bertz CT molecular complexity index is 752. The number of carbonyl (C=O) groups is 2. The highest BCUT2D eigenvalue weighted by atomic mass is 16.6. The van der Waals surface area contributed by atoms with Gasteiger partial charge in [0.2, 0.25) is 5.91 Å². The molecule has 1 N–H and O–H groups in total. The molecule has 144 valence electrons. The Hall–Kier alpha value is -2.90. The van der Waals surface area contributed by atoms with Crippen molar-refractivity contribution in [3.8, 4) is 5.69 Å². The highest BCUT2D eigenvalue weighted by Gasteiger charge is 2.28. The van der Waals surface area contributed by atoms with E-state index in [9.17, 15) is 9.59 Å². The Kier molecular flexibility index (Phi) is 6.05. The summed E-state index contributed by atoms with van der Waals surface area (Å²) in [7, 11) is 0. The van der Waals surface area contributed by atoms with Crippen molar-refractivity contribution in [3.63, 3.8) is 0 Å². The summed E-state index contributed by atoms with van der Waals surface area (Å²) in [5.41, 5.74) is 1.94. The predicted molar refractivity (Wildman–Crippen MR) is 99.2 cm³/mol. The summed E-state index contributed by atoms with van der Waals surface area (Å²) in [4.78, 5) is 29.9. The second kappa shape index (κ2) is 8.66. The van der Waals surface area contributed by atoms with Crippen LogP contribution in [0.2, 0.25) is 0 Å². The predicted octanol–water partition coefficient (Wildman–Crippen LogP) is 2.31. The molecule has 1 atom stereocenters. The molecule has 2 heterocycles. The van der Waals surface area contributed by atoms with Gasteiger partial charge in [-0.15, -0.1) is 0 Å². The zero-order valence-electron chi connectivity index (χ0n) is 15.7. The molecule has 2 amide bonds. The Balaban J connectivity index is 1.51. The van der Waals surface area contributed by atoms with Crippen molar-refractivity contribution >= 4 is 12.0 Å². The topological polar surface area (TPSA) is 89.4 Å². The minimum absolute atomic E-state index is 0.0337. The summed E-state index contributed by atoms with van der Waals surface area (Å²) in [6.45, 7) is 5.23. The largest absolute Gasteiger partial charge is 0.450 e. The van der Waals surface area contributed by atoms with Gasteiger partial charge in [-0.2, -0.15) is 5.10 Å². The van der Waals surface area contributed by atoms with Crippen LogP contribution in [-0.2, 0) is 9.53 Å². The molecule has 1 saturated heterocycles. The molecule has 0 bridgehead atoms. The lowest BCUT2D eigenvalue weighted by atomic mass is 9.95. The number of nitrogens with one attached hydrogen (secondary N) is 1. The third-order valence-corrected chi connectivity index (χ3v) is 4.83. The standard InChI is InChI=1S/C19H25N5O3/c1-3-27-19(26)23-10-8-16(9-11-23)18(25)22-14(2)15-4-6-17(7-5-15)24-13-20-12-21-24/h4-7,12-14,16H,3,8-11H2,1-2H3,(H,22,25)/t14-/m1/s1. The first-order valence-electron chi connectivity index (χ1n) is 9.25. The Morgan fingerprint density at radius 1 is 1.26 bits per heavy atom. The number of aromatic nitrogens is 3. The fourth-order valence-corrected chi connectivity index (χ4v) is 3.21. The fourth-order valence-electron chi connectivity index (χ4n) is 3.21. The number of rotatable bonds is 5. The maximum Gasteiger partial charge on any atom is 0.409 e. The maximum atomic E-state index is 12.6. The van der Waals surface area contributed by atoms with Gasteiger partial charge < -0.3 is 15.0 Å². The molecule has 2 aromatic rings. The minimum atomic E-state index is -0.294. The van der Waals surface area contributed by atoms with Gasteiger partial charge in [0.15, 0.2) is 0 Å². The molecule has 1 aliphatic heterocycles. The highest BCUT2D eigenvalue weighted by Crippen LogP contribution is 2.21. The zero-order chi connectivity index (χ0) is 19.2. The molecule has 8 heteroatoms. The van der Waals surface area contributed by atoms with Crippen molar-refractivity contribution < 1.29 is 14.3 Å². The van der Waals surface area contributed by atoms with Crippen molar-refractivity contribution in [3.05, 3.63) is 42.5 Å². The molecule has 1 fully saturated rings. The molecule has 27 heavy (non-hydrogen) atoms. The number of hydrogen-bond donors (Lipinski definition) is 1. The van der Waals surface area contributed by atoms with Gasteiger partial charge in [0.25, 0.3) is 0 Å². The average molecular weight is 371 g/mol. The van der Waals surface area contributed by atoms with E-state index < -0.39 is 0 Å². The normalized spacial score (nSPS) is 16.0. The van der Waals surface area contributed by atoms with Gasteiger partial charge in [0, 0.05) is 19.0 Å². The number of benzene rings is 1. The van der Waals surface area contributed by atoms with Gasteiger partial charge >= 0.3 is 6.09 Å². The fraction of sp³-hybridized carbons (Fsp3) is 0.474. The quantitative estimate of drug-likeness (QED) is 0.871. The van der Waals surface area contributed by atoms with E-state index in [1.807, 2.05) is 31.2 Å². The van der Waals surface area contributed by atoms with Gasteiger partial charge in [-0.05, 0) is 44.4 Å². The number of piperidine rings is 1. The number of nitrogens with zero attached hydrogens (tertiary/aromatic N) is 4. The van der Waals surface area contributed by atoms with E-state index in [0.29, 0.717) is 32.5 Å². The molecule has 0 aliphatic carbocycles. The SMILES string of the molecule is CCOC(=O)N1CCC(C(=O)N[C@H](C)c2ccc(-n3cncn3)cc2)CC1. The Morgan fingerprint density at radius 2 is 1.96 bits per heavy atom. The molecule has 1 aromatic carbocycles. The Morgan fingerprint density at radius 3 is 2.56 bits per heavy atom. The lowest BCUT2D eigenvalue weighted by Crippen LogP contribution is -2.43. The third kappa shape index (κ3) is 4.64. The molecule has 0 unspecified atom stereocenters. The van der Waals surface area contributed by atoms with Gasteiger partial charge in [0.1, 0.15) is 12.7 Å². The van der Waals surface area contributed by atoms with Crippen LogP contribution in [0.15, 0.2) is 36.9 Å². The summed E-state index contributed by atoms with van der Waals surface area (Å²) in [5, 5.41) is 7.18. The summed E-state index contributed by atoms with van der Waals surface area (Å²) < 4.78 is 6.70. The van der Waals surface area contributed by atoms with Crippen LogP contribution >= 0.6 is 0 Å². The van der Waals surface area contributed by atoms with Crippen molar-refractivity contribution in [2.45, 2.75) is 32.7 Å². The van der Waals surface area contributed by atoms with Crippen LogP contribution in [0, 0.1) is 5.92 Å². The number of ether oxygens (including phenoxy) is 1. The van der Waals surface area contributed by atoms with E-state index in [1.54, 1.807) is 22.8 Å². The van der Waals surface area contributed by atoms with E-state index >= 15 is 0 Å². The van der Waals surface area contributed by atoms with E-state index in [1.165, 1.54) is 6.33 Å². The van der Waals surface area contributed by atoms with Crippen LogP contribution < -0.4 is 5.32 Å². The van der Waals surface area contributed by atoms with Gasteiger partial charge in [0.05, 0.1) is 18.3 Å². The first-order chi connectivity index (χ1) is 13.1. The number of hydrogen-bond acceptors (Lipinski definition) is 5. The molecule has 1 aliphatic rings. The molecule has 0 saturated carbocycles. The van der Waals surface area contributed by atoms with Gasteiger partial charge in [-0.3, -0.25) is 4.79 Å². The van der Waals surface area contributed by atoms with Gasteiger partial charge in [-0.1, -0.05) is 12.1 Å². The number of carbonyl (C=O) groups excluding carboxylic acids is 2. The van der Waals surface area contributed by atoms with Crippen molar-refractivity contribution in [1.82, 2.24) is 25.0 Å². The van der Waals surface area contributed by atoms with E-state index in [-0.39, 0.29) is 24.0 Å². The summed E-state index contributed by atoms with van der Waals surface area (Å²) in [6, 6.07) is 7.76. The molecular formula is C19H25N5O3. The summed E-state index contributed by atoms with van der Waals surface area (Å²) >= 11 is 0. The van der Waals surface area contributed by atoms with Crippen LogP contribution in [0.25, 0.3) is 5.69 Å². The molecule has 8 nitrogen and oxygen atoms in total. The number of likely N-dealkylation sites (tertiary alicyclic amines) is 1.